The van der Waals surface area contributed by atoms with Gasteiger partial charge in [-0.3, -0.25) is 4.79 Å². The second kappa shape index (κ2) is 7.43. The fourth-order valence-corrected chi connectivity index (χ4v) is 3.77. The maximum Gasteiger partial charge on any atom is 0.229 e. The van der Waals surface area contributed by atoms with E-state index in [0.717, 1.165) is 63.5 Å². The molecule has 24 heavy (non-hydrogen) atoms. The first-order chi connectivity index (χ1) is 11.6. The molecule has 3 rings (SSSR count). The molecule has 5 heteroatoms. The van der Waals surface area contributed by atoms with Crippen LogP contribution in [0, 0.1) is 5.41 Å². The van der Waals surface area contributed by atoms with E-state index < -0.39 is 0 Å². The van der Waals surface area contributed by atoms with Gasteiger partial charge in [0.05, 0.1) is 17.7 Å². The van der Waals surface area contributed by atoms with Gasteiger partial charge in [-0.1, -0.05) is 12.1 Å². The molecular formula is C19H29N3O2. The Morgan fingerprint density at radius 1 is 1.25 bits per heavy atom. The van der Waals surface area contributed by atoms with Crippen LogP contribution in [-0.4, -0.2) is 56.7 Å². The summed E-state index contributed by atoms with van der Waals surface area (Å²) in [5.74, 6) is 1.25. The van der Waals surface area contributed by atoms with Crippen LogP contribution in [0.2, 0.25) is 0 Å². The van der Waals surface area contributed by atoms with Crippen LogP contribution in [0.25, 0.3) is 0 Å². The predicted molar refractivity (Wildman–Crippen MR) is 96.6 cm³/mol. The molecule has 1 N–H and O–H groups in total. The van der Waals surface area contributed by atoms with E-state index >= 15 is 0 Å². The summed E-state index contributed by atoms with van der Waals surface area (Å²) in [6.07, 6.45) is 2.08. The lowest BCUT2D eigenvalue weighted by atomic mass is 9.81. The van der Waals surface area contributed by atoms with Crippen molar-refractivity contribution in [2.75, 3.05) is 50.8 Å². The van der Waals surface area contributed by atoms with Gasteiger partial charge in [-0.2, -0.15) is 0 Å². The fraction of sp³-hybridized carbons (Fsp3) is 0.632. The van der Waals surface area contributed by atoms with Gasteiger partial charge in [0.2, 0.25) is 5.91 Å². The van der Waals surface area contributed by atoms with Gasteiger partial charge in [0.15, 0.2) is 0 Å². The summed E-state index contributed by atoms with van der Waals surface area (Å²) in [6.45, 7) is 9.91. The van der Waals surface area contributed by atoms with E-state index in [4.69, 9.17) is 4.74 Å². The van der Waals surface area contributed by atoms with Crippen LogP contribution in [0.5, 0.6) is 5.75 Å². The van der Waals surface area contributed by atoms with Crippen LogP contribution in [0.4, 0.5) is 5.69 Å². The number of benzene rings is 1. The van der Waals surface area contributed by atoms with E-state index in [9.17, 15) is 4.79 Å². The fourth-order valence-electron chi connectivity index (χ4n) is 3.77. The van der Waals surface area contributed by atoms with Crippen LogP contribution in [0.3, 0.4) is 0 Å². The summed E-state index contributed by atoms with van der Waals surface area (Å²) in [7, 11) is 0. The van der Waals surface area contributed by atoms with Gasteiger partial charge < -0.3 is 19.9 Å². The van der Waals surface area contributed by atoms with Gasteiger partial charge in [0.1, 0.15) is 5.75 Å². The summed E-state index contributed by atoms with van der Waals surface area (Å²) in [4.78, 5) is 17.3. The minimum atomic E-state index is -0.232. The van der Waals surface area contributed by atoms with E-state index in [1.165, 1.54) is 0 Å². The lowest BCUT2D eigenvalue weighted by Gasteiger charge is -2.42. The molecule has 0 bridgehead atoms. The zero-order valence-corrected chi connectivity index (χ0v) is 14.9. The number of para-hydroxylation sites is 2. The molecule has 2 saturated heterocycles. The molecule has 1 atom stereocenters. The first-order valence-corrected chi connectivity index (χ1v) is 9.11. The molecule has 2 heterocycles. The molecule has 2 fully saturated rings. The number of piperidine rings is 1. The van der Waals surface area contributed by atoms with Gasteiger partial charge in [0, 0.05) is 32.7 Å². The number of hydrogen-bond acceptors (Lipinski definition) is 4. The summed E-state index contributed by atoms with van der Waals surface area (Å²) >= 11 is 0. The Hall–Kier alpha value is -1.75. The molecule has 1 aromatic rings. The Kier molecular flexibility index (Phi) is 5.29. The Morgan fingerprint density at radius 2 is 2.00 bits per heavy atom. The van der Waals surface area contributed by atoms with Crippen molar-refractivity contribution in [3.05, 3.63) is 24.3 Å². The third-order valence-corrected chi connectivity index (χ3v) is 5.19. The maximum atomic E-state index is 12.9. The molecule has 0 spiro atoms. The van der Waals surface area contributed by atoms with Crippen molar-refractivity contribution in [3.63, 3.8) is 0 Å². The van der Waals surface area contributed by atoms with E-state index in [2.05, 4.69) is 23.2 Å². The lowest BCUT2D eigenvalue weighted by molar-refractivity contribution is -0.142. The van der Waals surface area contributed by atoms with Gasteiger partial charge >= 0.3 is 0 Å². The molecule has 0 aromatic heterocycles. The van der Waals surface area contributed by atoms with Crippen LogP contribution < -0.4 is 15.0 Å². The van der Waals surface area contributed by atoms with Crippen molar-refractivity contribution < 1.29 is 9.53 Å². The summed E-state index contributed by atoms with van der Waals surface area (Å²) < 4.78 is 5.75. The summed E-state index contributed by atoms with van der Waals surface area (Å²) in [5.41, 5.74) is 0.904. The highest BCUT2D eigenvalue weighted by Gasteiger charge is 2.38. The Labute approximate surface area is 145 Å². The average Bonchev–Trinajstić information content (AvgIpc) is 2.63. The largest absolute Gasteiger partial charge is 0.492 e. The molecule has 132 valence electrons. The average molecular weight is 331 g/mol. The number of nitrogens with one attached hydrogen (secondary N) is 1. The topological polar surface area (TPSA) is 44.8 Å². The molecule has 1 aromatic carbocycles. The molecule has 0 radical (unpaired) electrons. The van der Waals surface area contributed by atoms with E-state index in [1.807, 2.05) is 30.0 Å². The number of carbonyl (C=O) groups is 1. The second-order valence-electron chi connectivity index (χ2n) is 7.02. The number of rotatable bonds is 4. The quantitative estimate of drug-likeness (QED) is 0.918. The van der Waals surface area contributed by atoms with E-state index in [-0.39, 0.29) is 5.41 Å². The SMILES string of the molecule is CCOc1ccccc1N1CCN(C(=O)[C@@]2(C)CCCNC2)CC1. The standard InChI is InChI=1S/C19H29N3O2/c1-3-24-17-8-5-4-7-16(17)21-11-13-22(14-12-21)18(23)19(2)9-6-10-20-15-19/h4-5,7-8,20H,3,6,9-15H2,1-2H3/t19-/m0/s1. The van der Waals surface area contributed by atoms with Crippen LogP contribution in [-0.2, 0) is 4.79 Å². The highest BCUT2D eigenvalue weighted by atomic mass is 16.5. The Balaban J connectivity index is 1.63. The number of carbonyl (C=O) groups excluding carboxylic acids is 1. The van der Waals surface area contributed by atoms with Crippen molar-refractivity contribution in [1.29, 1.82) is 0 Å². The van der Waals surface area contributed by atoms with Gasteiger partial charge in [-0.15, -0.1) is 0 Å². The molecule has 5 nitrogen and oxygen atoms in total. The zero-order chi connectivity index (χ0) is 17.0. The molecule has 0 unspecified atom stereocenters. The van der Waals surface area contributed by atoms with E-state index in [1.54, 1.807) is 0 Å². The Bertz CT molecular complexity index is 561. The van der Waals surface area contributed by atoms with E-state index in [0.29, 0.717) is 12.5 Å². The normalized spacial score (nSPS) is 24.8. The molecule has 2 aliphatic heterocycles. The van der Waals surface area contributed by atoms with Gasteiger partial charge in [0.25, 0.3) is 0 Å². The van der Waals surface area contributed by atoms with Crippen molar-refractivity contribution in [3.8, 4) is 5.75 Å². The Morgan fingerprint density at radius 3 is 2.67 bits per heavy atom. The van der Waals surface area contributed by atoms with Crippen molar-refractivity contribution in [1.82, 2.24) is 10.2 Å². The smallest absolute Gasteiger partial charge is 0.229 e. The third-order valence-electron chi connectivity index (χ3n) is 5.19. The molecule has 0 saturated carbocycles. The van der Waals surface area contributed by atoms with Crippen LogP contribution in [0.15, 0.2) is 24.3 Å². The monoisotopic (exact) mass is 331 g/mol. The number of nitrogens with zero attached hydrogens (tertiary/aromatic N) is 2. The van der Waals surface area contributed by atoms with Crippen molar-refractivity contribution in [2.24, 2.45) is 5.41 Å². The molecular weight excluding hydrogens is 302 g/mol. The minimum Gasteiger partial charge on any atom is -0.492 e. The molecule has 1 amide bonds. The number of ether oxygens (including phenoxy) is 1. The zero-order valence-electron chi connectivity index (χ0n) is 14.9. The highest BCUT2D eigenvalue weighted by molar-refractivity contribution is 5.83. The number of hydrogen-bond donors (Lipinski definition) is 1. The van der Waals surface area contributed by atoms with Crippen LogP contribution in [0.1, 0.15) is 26.7 Å². The third kappa shape index (κ3) is 3.51. The summed E-state index contributed by atoms with van der Waals surface area (Å²) in [5, 5.41) is 3.38. The number of amides is 1. The predicted octanol–water partition coefficient (Wildman–Crippen LogP) is 2.12. The molecule has 0 aliphatic carbocycles. The van der Waals surface area contributed by atoms with Gasteiger partial charge in [-0.05, 0) is 45.4 Å². The first-order valence-electron chi connectivity index (χ1n) is 9.11. The van der Waals surface area contributed by atoms with Crippen molar-refractivity contribution in [2.45, 2.75) is 26.7 Å². The number of anilines is 1. The summed E-state index contributed by atoms with van der Waals surface area (Å²) in [6, 6.07) is 8.18. The highest BCUT2D eigenvalue weighted by Crippen LogP contribution is 2.31. The molecule has 2 aliphatic rings. The number of piperazine rings is 1. The lowest BCUT2D eigenvalue weighted by Crippen LogP contribution is -2.56. The first kappa shape index (κ1) is 17.1. The van der Waals surface area contributed by atoms with Crippen molar-refractivity contribution >= 4 is 11.6 Å². The maximum absolute atomic E-state index is 12.9. The van der Waals surface area contributed by atoms with Crippen LogP contribution >= 0.6 is 0 Å². The second-order valence-corrected chi connectivity index (χ2v) is 7.02. The minimum absolute atomic E-state index is 0.232. The van der Waals surface area contributed by atoms with Gasteiger partial charge in [-0.25, -0.2) is 0 Å².